The smallest absolute Gasteiger partial charge is 0.229 e. The predicted molar refractivity (Wildman–Crippen MR) is 132 cm³/mol. The van der Waals surface area contributed by atoms with Crippen molar-refractivity contribution in [2.24, 2.45) is 0 Å². The molecule has 0 N–H and O–H groups in total. The first-order valence-electron chi connectivity index (χ1n) is 11.8. The molecule has 0 unspecified atom stereocenters. The number of Topliss-reactive ketones (excluding diaryl/α,β-unsaturated/α-hetero) is 1. The SMILES string of the molecule is O=C1c2nccn2[C@H](COCc2ccccc2)[C@@H](OCc2ccccc2)[C@@H]1OCc1ccccc1. The zero-order valence-corrected chi connectivity index (χ0v) is 19.4. The average molecular weight is 469 g/mol. The van der Waals surface area contributed by atoms with E-state index in [1.807, 2.05) is 102 Å². The van der Waals surface area contributed by atoms with E-state index in [1.165, 1.54) is 0 Å². The molecular weight excluding hydrogens is 440 g/mol. The zero-order valence-electron chi connectivity index (χ0n) is 19.4. The van der Waals surface area contributed by atoms with Crippen molar-refractivity contribution in [1.29, 1.82) is 0 Å². The lowest BCUT2D eigenvalue weighted by Gasteiger charge is -2.37. The lowest BCUT2D eigenvalue weighted by atomic mass is 9.96. The molecule has 0 fully saturated rings. The molecule has 35 heavy (non-hydrogen) atoms. The molecule has 6 heteroatoms. The summed E-state index contributed by atoms with van der Waals surface area (Å²) in [6.07, 6.45) is 2.13. The van der Waals surface area contributed by atoms with Gasteiger partial charge in [-0.15, -0.1) is 0 Å². The molecule has 0 bridgehead atoms. The van der Waals surface area contributed by atoms with Gasteiger partial charge in [0.1, 0.15) is 6.10 Å². The molecule has 3 aromatic carbocycles. The summed E-state index contributed by atoms with van der Waals surface area (Å²) in [6.45, 7) is 1.50. The van der Waals surface area contributed by atoms with Crippen LogP contribution in [0.3, 0.4) is 0 Å². The number of benzene rings is 3. The summed E-state index contributed by atoms with van der Waals surface area (Å²) in [5, 5.41) is 0. The van der Waals surface area contributed by atoms with Crippen molar-refractivity contribution in [3.8, 4) is 0 Å². The minimum absolute atomic E-state index is 0.177. The monoisotopic (exact) mass is 468 g/mol. The molecule has 1 aliphatic rings. The van der Waals surface area contributed by atoms with Gasteiger partial charge >= 0.3 is 0 Å². The van der Waals surface area contributed by atoms with Crippen LogP contribution in [0.15, 0.2) is 103 Å². The fraction of sp³-hybridized carbons (Fsp3) is 0.241. The minimum atomic E-state index is -0.792. The predicted octanol–water partition coefficient (Wildman–Crippen LogP) is 5.01. The van der Waals surface area contributed by atoms with E-state index in [-0.39, 0.29) is 11.8 Å². The molecule has 0 radical (unpaired) electrons. The Morgan fingerprint density at radius 2 is 1.26 bits per heavy atom. The Balaban J connectivity index is 1.38. The summed E-state index contributed by atoms with van der Waals surface area (Å²) in [5.74, 6) is 0.194. The first-order chi connectivity index (χ1) is 17.3. The van der Waals surface area contributed by atoms with Gasteiger partial charge < -0.3 is 18.8 Å². The Bertz CT molecular complexity index is 1210. The highest BCUT2D eigenvalue weighted by atomic mass is 16.5. The van der Waals surface area contributed by atoms with Gasteiger partial charge in [-0.2, -0.15) is 0 Å². The highest BCUT2D eigenvalue weighted by Crippen LogP contribution is 2.31. The van der Waals surface area contributed by atoms with E-state index in [0.29, 0.717) is 32.3 Å². The molecule has 178 valence electrons. The van der Waals surface area contributed by atoms with Gasteiger partial charge in [0, 0.05) is 12.4 Å². The molecule has 0 saturated heterocycles. The summed E-state index contributed by atoms with van der Waals surface area (Å²) in [4.78, 5) is 17.8. The number of hydrogen-bond donors (Lipinski definition) is 0. The van der Waals surface area contributed by atoms with Crippen molar-refractivity contribution in [1.82, 2.24) is 9.55 Å². The number of rotatable bonds is 10. The molecule has 0 saturated carbocycles. The number of carbonyl (C=O) groups excluding carboxylic acids is 1. The summed E-state index contributed by atoms with van der Waals surface area (Å²) < 4.78 is 20.6. The van der Waals surface area contributed by atoms with E-state index in [2.05, 4.69) is 4.98 Å². The third-order valence-electron chi connectivity index (χ3n) is 6.14. The Kier molecular flexibility index (Phi) is 7.44. The van der Waals surface area contributed by atoms with Crippen LogP contribution in [0.2, 0.25) is 0 Å². The molecule has 2 heterocycles. The van der Waals surface area contributed by atoms with E-state index in [9.17, 15) is 4.79 Å². The third kappa shape index (κ3) is 5.57. The van der Waals surface area contributed by atoms with E-state index in [1.54, 1.807) is 6.20 Å². The van der Waals surface area contributed by atoms with Crippen LogP contribution < -0.4 is 0 Å². The number of aromatic nitrogens is 2. The lowest BCUT2D eigenvalue weighted by Crippen LogP contribution is -2.50. The maximum Gasteiger partial charge on any atom is 0.229 e. The van der Waals surface area contributed by atoms with Crippen LogP contribution in [-0.4, -0.2) is 34.1 Å². The van der Waals surface area contributed by atoms with Gasteiger partial charge in [-0.3, -0.25) is 4.79 Å². The molecule has 0 amide bonds. The molecule has 0 spiro atoms. The van der Waals surface area contributed by atoms with Crippen LogP contribution in [0.1, 0.15) is 33.4 Å². The van der Waals surface area contributed by atoms with Gasteiger partial charge in [-0.1, -0.05) is 91.0 Å². The normalized spacial score (nSPS) is 19.4. The standard InChI is InChI=1S/C29H28N2O4/c32-26-28(35-20-24-14-8-3-9-15-24)27(34-19-23-12-6-2-7-13-23)25(31-17-16-30-29(26)31)21-33-18-22-10-4-1-5-11-22/h1-17,25,27-28H,18-21H2/t25-,27-,28-/m1/s1. The van der Waals surface area contributed by atoms with Gasteiger partial charge in [0.05, 0.1) is 32.5 Å². The maximum atomic E-state index is 13.4. The number of imidazole rings is 1. The van der Waals surface area contributed by atoms with Crippen molar-refractivity contribution in [3.05, 3.63) is 126 Å². The van der Waals surface area contributed by atoms with Gasteiger partial charge in [0.2, 0.25) is 5.78 Å². The largest absolute Gasteiger partial charge is 0.375 e. The topological polar surface area (TPSA) is 62.6 Å². The molecule has 0 aliphatic carbocycles. The summed E-state index contributed by atoms with van der Waals surface area (Å²) in [6, 6.07) is 29.5. The van der Waals surface area contributed by atoms with Crippen molar-refractivity contribution in [3.63, 3.8) is 0 Å². The molecule has 1 aromatic heterocycles. The van der Waals surface area contributed by atoms with Crippen LogP contribution in [0, 0.1) is 0 Å². The minimum Gasteiger partial charge on any atom is -0.375 e. The van der Waals surface area contributed by atoms with Gasteiger partial charge in [0.15, 0.2) is 11.9 Å². The highest BCUT2D eigenvalue weighted by Gasteiger charge is 2.44. The summed E-state index contributed by atoms with van der Waals surface area (Å²) in [5.41, 5.74) is 3.11. The summed E-state index contributed by atoms with van der Waals surface area (Å²) in [7, 11) is 0. The molecular formula is C29H28N2O4. The molecule has 4 aromatic rings. The Labute approximate surface area is 205 Å². The van der Waals surface area contributed by atoms with Crippen LogP contribution in [0.5, 0.6) is 0 Å². The van der Waals surface area contributed by atoms with Crippen LogP contribution >= 0.6 is 0 Å². The summed E-state index contributed by atoms with van der Waals surface area (Å²) >= 11 is 0. The second-order valence-corrected chi connectivity index (χ2v) is 8.57. The maximum absolute atomic E-state index is 13.4. The Morgan fingerprint density at radius 1 is 0.714 bits per heavy atom. The zero-order chi connectivity index (χ0) is 23.9. The van der Waals surface area contributed by atoms with E-state index >= 15 is 0 Å². The van der Waals surface area contributed by atoms with Gasteiger partial charge in [-0.05, 0) is 16.7 Å². The Hall–Kier alpha value is -3.58. The van der Waals surface area contributed by atoms with Crippen LogP contribution in [-0.2, 0) is 34.0 Å². The van der Waals surface area contributed by atoms with Crippen LogP contribution in [0.25, 0.3) is 0 Å². The number of carbonyl (C=O) groups is 1. The Morgan fingerprint density at radius 3 is 1.86 bits per heavy atom. The molecule has 3 atom stereocenters. The second-order valence-electron chi connectivity index (χ2n) is 8.57. The van der Waals surface area contributed by atoms with Gasteiger partial charge in [-0.25, -0.2) is 4.98 Å². The van der Waals surface area contributed by atoms with Gasteiger partial charge in [0.25, 0.3) is 0 Å². The lowest BCUT2D eigenvalue weighted by molar-refractivity contribution is -0.110. The van der Waals surface area contributed by atoms with Crippen molar-refractivity contribution < 1.29 is 19.0 Å². The average Bonchev–Trinajstić information content (AvgIpc) is 3.40. The number of fused-ring (bicyclic) bond motifs is 1. The fourth-order valence-corrected chi connectivity index (χ4v) is 4.35. The number of hydrogen-bond acceptors (Lipinski definition) is 5. The van der Waals surface area contributed by atoms with E-state index < -0.39 is 12.2 Å². The van der Waals surface area contributed by atoms with Crippen molar-refractivity contribution in [2.45, 2.75) is 38.1 Å². The molecule has 6 nitrogen and oxygen atoms in total. The number of nitrogens with zero attached hydrogens (tertiary/aromatic N) is 2. The number of ketones is 1. The van der Waals surface area contributed by atoms with Crippen molar-refractivity contribution >= 4 is 5.78 Å². The van der Waals surface area contributed by atoms with Crippen molar-refractivity contribution in [2.75, 3.05) is 6.61 Å². The first-order valence-corrected chi connectivity index (χ1v) is 11.8. The van der Waals surface area contributed by atoms with Crippen LogP contribution in [0.4, 0.5) is 0 Å². The fourth-order valence-electron chi connectivity index (χ4n) is 4.35. The third-order valence-corrected chi connectivity index (χ3v) is 6.14. The molecule has 5 rings (SSSR count). The first kappa shape index (κ1) is 23.2. The highest BCUT2D eigenvalue weighted by molar-refractivity contribution is 5.98. The quantitative estimate of drug-likeness (QED) is 0.328. The van der Waals surface area contributed by atoms with E-state index in [4.69, 9.17) is 14.2 Å². The van der Waals surface area contributed by atoms with E-state index in [0.717, 1.165) is 16.7 Å². The second kappa shape index (κ2) is 11.2. The molecule has 1 aliphatic heterocycles. The number of ether oxygens (including phenoxy) is 3.